The molecule has 29 heavy (non-hydrogen) atoms. The molecule has 0 bridgehead atoms. The van der Waals surface area contributed by atoms with Gasteiger partial charge in [0.25, 0.3) is 5.95 Å². The topological polar surface area (TPSA) is 89.5 Å². The summed E-state index contributed by atoms with van der Waals surface area (Å²) >= 11 is 0. The van der Waals surface area contributed by atoms with E-state index < -0.39 is 11.9 Å². The van der Waals surface area contributed by atoms with E-state index in [4.69, 9.17) is 14.2 Å². The van der Waals surface area contributed by atoms with E-state index in [-0.39, 0.29) is 5.57 Å². The number of ether oxygens (including phenoxy) is 3. The van der Waals surface area contributed by atoms with Crippen molar-refractivity contribution >= 4 is 0 Å². The van der Waals surface area contributed by atoms with Gasteiger partial charge in [-0.25, -0.2) is 4.68 Å². The van der Waals surface area contributed by atoms with Gasteiger partial charge in [0, 0.05) is 0 Å². The number of allylic oxidation sites excluding steroid dienone is 1. The summed E-state index contributed by atoms with van der Waals surface area (Å²) in [5, 5.41) is 24.8. The summed E-state index contributed by atoms with van der Waals surface area (Å²) in [6.45, 7) is 1.85. The zero-order chi connectivity index (χ0) is 20.5. The zero-order valence-corrected chi connectivity index (χ0v) is 16.2. The van der Waals surface area contributed by atoms with Crippen molar-refractivity contribution in [1.82, 2.24) is 9.78 Å². The molecule has 1 aliphatic rings. The van der Waals surface area contributed by atoms with Gasteiger partial charge in [0.1, 0.15) is 11.6 Å². The van der Waals surface area contributed by atoms with Gasteiger partial charge >= 0.3 is 0 Å². The Kier molecular flexibility index (Phi) is 4.61. The summed E-state index contributed by atoms with van der Waals surface area (Å²) in [6.07, 6.45) is 0. The molecule has 7 nitrogen and oxygen atoms in total. The summed E-state index contributed by atoms with van der Waals surface area (Å²) in [6, 6.07) is 17.0. The lowest BCUT2D eigenvalue weighted by Crippen LogP contribution is -2.17. The van der Waals surface area contributed by atoms with E-state index in [0.717, 1.165) is 16.8 Å². The van der Waals surface area contributed by atoms with Crippen molar-refractivity contribution in [2.75, 3.05) is 14.2 Å². The van der Waals surface area contributed by atoms with Crippen molar-refractivity contribution in [3.8, 4) is 29.1 Å². The second-order valence-corrected chi connectivity index (χ2v) is 6.53. The van der Waals surface area contributed by atoms with E-state index in [1.807, 2.05) is 43.3 Å². The fraction of sp³-hybridized carbons (Fsp3) is 0.182. The maximum atomic E-state index is 10.5. The molecule has 0 radical (unpaired) electrons. The number of benzene rings is 2. The Bertz CT molecular complexity index is 1140. The highest BCUT2D eigenvalue weighted by Gasteiger charge is 2.37. The van der Waals surface area contributed by atoms with Gasteiger partial charge in [-0.1, -0.05) is 24.3 Å². The summed E-state index contributed by atoms with van der Waals surface area (Å²) in [7, 11) is 3.11. The molecule has 0 unspecified atom stereocenters. The first kappa shape index (κ1) is 18.4. The molecule has 1 aliphatic heterocycles. The number of methoxy groups -OCH3 is 2. The number of para-hydroxylation sites is 1. The minimum absolute atomic E-state index is 0.112. The fourth-order valence-corrected chi connectivity index (χ4v) is 3.59. The van der Waals surface area contributed by atoms with E-state index in [2.05, 4.69) is 11.2 Å². The maximum absolute atomic E-state index is 10.5. The van der Waals surface area contributed by atoms with Gasteiger partial charge in [-0.05, 0) is 36.8 Å². The lowest BCUT2D eigenvalue weighted by molar-refractivity contribution is 0.185. The Morgan fingerprint density at radius 3 is 2.48 bits per heavy atom. The van der Waals surface area contributed by atoms with E-state index in [1.54, 1.807) is 31.0 Å². The number of hydrogen-bond donors (Lipinski definition) is 1. The molecule has 2 heterocycles. The Morgan fingerprint density at radius 2 is 1.83 bits per heavy atom. The van der Waals surface area contributed by atoms with Gasteiger partial charge < -0.3 is 19.3 Å². The predicted octanol–water partition coefficient (Wildman–Crippen LogP) is 4.02. The van der Waals surface area contributed by atoms with E-state index in [0.29, 0.717) is 23.1 Å². The number of aliphatic hydroxyl groups excluding tert-OH is 1. The van der Waals surface area contributed by atoms with Crippen LogP contribution in [0.4, 0.5) is 0 Å². The van der Waals surface area contributed by atoms with Gasteiger partial charge in [0.05, 0.1) is 37.1 Å². The van der Waals surface area contributed by atoms with Gasteiger partial charge in [0.2, 0.25) is 5.88 Å². The highest BCUT2D eigenvalue weighted by molar-refractivity contribution is 5.58. The molecule has 0 saturated carbocycles. The molecule has 1 atom stereocenters. The maximum Gasteiger partial charge on any atom is 0.298 e. The second kappa shape index (κ2) is 7.24. The minimum atomic E-state index is -0.555. The molecule has 146 valence electrons. The SMILES string of the molecule is COc1ccc([C@@H]2C(C#N)=C(O)Oc3c2c(C)nn3-c2ccccc2)cc1OC. The van der Waals surface area contributed by atoms with Crippen LogP contribution in [0.15, 0.2) is 60.0 Å². The fourth-order valence-electron chi connectivity index (χ4n) is 3.59. The van der Waals surface area contributed by atoms with E-state index in [1.165, 1.54) is 0 Å². The van der Waals surface area contributed by atoms with Crippen LogP contribution in [-0.4, -0.2) is 29.1 Å². The van der Waals surface area contributed by atoms with Crippen LogP contribution in [0, 0.1) is 18.3 Å². The third-order valence-corrected chi connectivity index (χ3v) is 4.93. The quantitative estimate of drug-likeness (QED) is 0.725. The van der Waals surface area contributed by atoms with Crippen molar-refractivity contribution < 1.29 is 19.3 Å². The van der Waals surface area contributed by atoms with Gasteiger partial charge in [-0.15, -0.1) is 0 Å². The molecule has 0 amide bonds. The van der Waals surface area contributed by atoms with E-state index >= 15 is 0 Å². The standard InChI is InChI=1S/C22H19N3O4/c1-13-19-20(14-9-10-17(27-2)18(11-14)28-3)16(12-23)22(26)29-21(19)25(24-13)15-7-5-4-6-8-15/h4-11,20,26H,1-3H3/t20-/m1/s1. The normalized spacial score (nSPS) is 15.3. The average Bonchev–Trinajstić information content (AvgIpc) is 3.08. The average molecular weight is 389 g/mol. The van der Waals surface area contributed by atoms with Crippen LogP contribution in [0.5, 0.6) is 17.4 Å². The Balaban J connectivity index is 1.94. The Morgan fingerprint density at radius 1 is 1.10 bits per heavy atom. The first-order valence-electron chi connectivity index (χ1n) is 8.97. The van der Waals surface area contributed by atoms with Crippen LogP contribution >= 0.6 is 0 Å². The lowest BCUT2D eigenvalue weighted by Gasteiger charge is -2.24. The summed E-state index contributed by atoms with van der Waals surface area (Å²) in [5.41, 5.74) is 3.07. The molecule has 0 fully saturated rings. The molecular formula is C22H19N3O4. The van der Waals surface area contributed by atoms with Crippen LogP contribution in [0.1, 0.15) is 22.7 Å². The van der Waals surface area contributed by atoms with E-state index in [9.17, 15) is 10.4 Å². The number of nitriles is 1. The highest BCUT2D eigenvalue weighted by Crippen LogP contribution is 2.46. The number of aromatic nitrogens is 2. The number of aryl methyl sites for hydroxylation is 1. The highest BCUT2D eigenvalue weighted by atomic mass is 16.6. The molecular weight excluding hydrogens is 370 g/mol. The van der Waals surface area contributed by atoms with Gasteiger partial charge in [-0.2, -0.15) is 10.4 Å². The molecule has 3 aromatic rings. The van der Waals surface area contributed by atoms with Crippen LogP contribution in [0.25, 0.3) is 5.69 Å². The number of nitrogens with zero attached hydrogens (tertiary/aromatic N) is 3. The molecule has 0 saturated heterocycles. The summed E-state index contributed by atoms with van der Waals surface area (Å²) < 4.78 is 18.0. The van der Waals surface area contributed by atoms with Gasteiger partial charge in [-0.3, -0.25) is 0 Å². The van der Waals surface area contributed by atoms with Gasteiger partial charge in [0.15, 0.2) is 11.5 Å². The molecule has 7 heteroatoms. The first-order chi connectivity index (χ1) is 14.1. The largest absolute Gasteiger partial charge is 0.493 e. The zero-order valence-electron chi connectivity index (χ0n) is 16.2. The van der Waals surface area contributed by atoms with Crippen LogP contribution in [0.3, 0.4) is 0 Å². The van der Waals surface area contributed by atoms with Crippen LogP contribution in [-0.2, 0) is 0 Å². The smallest absolute Gasteiger partial charge is 0.298 e. The second-order valence-electron chi connectivity index (χ2n) is 6.53. The van der Waals surface area contributed by atoms with Crippen molar-refractivity contribution in [2.45, 2.75) is 12.8 Å². The third kappa shape index (κ3) is 2.95. The molecule has 2 aromatic carbocycles. The molecule has 1 aromatic heterocycles. The van der Waals surface area contributed by atoms with Crippen LogP contribution in [0.2, 0.25) is 0 Å². The predicted molar refractivity (Wildman–Crippen MR) is 106 cm³/mol. The van der Waals surface area contributed by atoms with Crippen molar-refractivity contribution in [3.05, 3.63) is 76.9 Å². The molecule has 0 spiro atoms. The lowest BCUT2D eigenvalue weighted by atomic mass is 9.84. The first-order valence-corrected chi connectivity index (χ1v) is 8.97. The number of hydrogen-bond acceptors (Lipinski definition) is 6. The number of fused-ring (bicyclic) bond motifs is 1. The Hall–Kier alpha value is -3.92. The number of rotatable bonds is 4. The minimum Gasteiger partial charge on any atom is -0.493 e. The van der Waals surface area contributed by atoms with Crippen molar-refractivity contribution in [3.63, 3.8) is 0 Å². The third-order valence-electron chi connectivity index (χ3n) is 4.93. The van der Waals surface area contributed by atoms with Crippen molar-refractivity contribution in [2.24, 2.45) is 0 Å². The monoisotopic (exact) mass is 389 g/mol. The Labute approximate surface area is 168 Å². The molecule has 4 rings (SSSR count). The number of aliphatic hydroxyl groups is 1. The summed E-state index contributed by atoms with van der Waals surface area (Å²) in [5.74, 6) is 0.498. The summed E-state index contributed by atoms with van der Waals surface area (Å²) in [4.78, 5) is 0. The molecule has 1 N–H and O–H groups in total. The molecule has 0 aliphatic carbocycles. The van der Waals surface area contributed by atoms with Crippen LogP contribution < -0.4 is 14.2 Å². The van der Waals surface area contributed by atoms with Crippen molar-refractivity contribution in [1.29, 1.82) is 5.26 Å².